The molecule has 0 atom stereocenters. The van der Waals surface area contributed by atoms with Gasteiger partial charge in [0.1, 0.15) is 0 Å². The van der Waals surface area contributed by atoms with Crippen LogP contribution < -0.4 is 14.8 Å². The fourth-order valence-electron chi connectivity index (χ4n) is 0. The summed E-state index contributed by atoms with van der Waals surface area (Å²) in [6.07, 6.45) is 0. The molecule has 0 aliphatic heterocycles. The first-order valence-electron chi connectivity index (χ1n) is 1.22. The Morgan fingerprint density at radius 3 is 0.800 bits per heavy atom. The molecule has 0 aliphatic carbocycles. The second-order valence-electron chi connectivity index (χ2n) is 0.500. The third-order valence-electron chi connectivity index (χ3n) is 0. The van der Waals surface area contributed by atoms with Gasteiger partial charge in [0.05, 0.1) is 0 Å². The van der Waals surface area contributed by atoms with Crippen LogP contribution in [0.15, 0.2) is 0 Å². The average molecular weight is 536 g/mol. The molecule has 0 saturated heterocycles. The van der Waals surface area contributed by atoms with E-state index in [9.17, 15) is 0 Å². The largest absolute Gasteiger partial charge is 2.00 e. The monoisotopic (exact) mass is 538 g/mol. The van der Waals surface area contributed by atoms with E-state index in [0.717, 1.165) is 0 Å². The zero-order valence-corrected chi connectivity index (χ0v) is 16.1. The van der Waals surface area contributed by atoms with E-state index in [1.54, 1.807) is 0 Å². The van der Waals surface area contributed by atoms with Crippen LogP contribution in [0.1, 0.15) is 0 Å². The molecule has 0 spiro atoms. The van der Waals surface area contributed by atoms with Gasteiger partial charge in [0.25, 0.3) is 0 Å². The van der Waals surface area contributed by atoms with Crippen molar-refractivity contribution in [2.45, 2.75) is 0 Å². The summed E-state index contributed by atoms with van der Waals surface area (Å²) in [7, 11) is 0. The van der Waals surface area contributed by atoms with Gasteiger partial charge < -0.3 is 0 Å². The Kier molecular flexibility index (Phi) is 42.4. The zero-order valence-electron chi connectivity index (χ0n) is 4.66. The summed E-state index contributed by atoms with van der Waals surface area (Å²) in [5, 5.41) is 0. The standard InChI is InChI=1S/Ba.6O.Pb.2Ti/q+2;;;4*-1;+2;;. The minimum atomic E-state index is -4.08. The maximum atomic E-state index is 8.58. The quantitative estimate of drug-likeness (QED) is 0.284. The first-order valence-corrected chi connectivity index (χ1v) is 5.05. The van der Waals surface area contributed by atoms with Crippen molar-refractivity contribution in [1.29, 1.82) is 0 Å². The predicted molar refractivity (Wildman–Crippen MR) is 12.9 cm³/mol. The van der Waals surface area contributed by atoms with E-state index in [4.69, 9.17) is 21.4 Å². The predicted octanol–water partition coefficient (Wildman–Crippen LogP) is -5.76. The van der Waals surface area contributed by atoms with Crippen molar-refractivity contribution in [3.63, 3.8) is 0 Å². The van der Waals surface area contributed by atoms with Crippen LogP contribution in [-0.2, 0) is 43.9 Å². The van der Waals surface area contributed by atoms with Gasteiger partial charge in [-0.15, -0.1) is 0 Å². The minimum Gasteiger partial charge on any atom is 2.00 e. The number of rotatable bonds is 0. The normalized spacial score (nSPS) is 5.20. The van der Waals surface area contributed by atoms with Crippen LogP contribution >= 0.6 is 0 Å². The molecule has 0 N–H and O–H groups in total. The van der Waals surface area contributed by atoms with Gasteiger partial charge in [-0.25, -0.2) is 0 Å². The van der Waals surface area contributed by atoms with Gasteiger partial charge >= 0.3 is 135 Å². The van der Waals surface area contributed by atoms with E-state index in [-0.39, 0.29) is 76.2 Å². The van der Waals surface area contributed by atoms with Crippen LogP contribution in [0.4, 0.5) is 0 Å². The van der Waals surface area contributed by atoms with Gasteiger partial charge in [0.15, 0.2) is 0 Å². The molecule has 0 aliphatic rings. The molecule has 50 valence electrons. The fraction of sp³-hybridized carbons (Fsp3) is 0. The third-order valence-corrected chi connectivity index (χ3v) is 0. The number of hydrogen-bond donors (Lipinski definition) is 0. The summed E-state index contributed by atoms with van der Waals surface area (Å²) >= 11 is -8.17. The Morgan fingerprint density at radius 1 is 0.800 bits per heavy atom. The molecule has 0 fully saturated rings. The van der Waals surface area contributed by atoms with Crippen molar-refractivity contribution in [3.05, 3.63) is 0 Å². The van der Waals surface area contributed by atoms with Crippen LogP contribution in [0.3, 0.4) is 0 Å². The summed E-state index contributed by atoms with van der Waals surface area (Å²) < 4.78 is 51.5. The van der Waals surface area contributed by atoms with E-state index in [2.05, 4.69) is 0 Å². The van der Waals surface area contributed by atoms with Crippen LogP contribution in [0.2, 0.25) is 0 Å². The molecule has 0 aromatic carbocycles. The summed E-state index contributed by atoms with van der Waals surface area (Å²) in [6.45, 7) is 0. The molecular formula is BaO6PbTi2. The summed E-state index contributed by atoms with van der Waals surface area (Å²) in [5.41, 5.74) is 0. The Balaban J connectivity index is -0.0000000300. The fourth-order valence-corrected chi connectivity index (χ4v) is 0. The van der Waals surface area contributed by atoms with Gasteiger partial charge in [-0.3, -0.25) is 0 Å². The second kappa shape index (κ2) is 18.2. The molecule has 0 bridgehead atoms. The van der Waals surface area contributed by atoms with Crippen molar-refractivity contribution >= 4 is 76.2 Å². The molecule has 6 nitrogen and oxygen atoms in total. The molecule has 2 radical (unpaired) electrons. The minimum absolute atomic E-state index is 0. The Hall–Kier alpha value is 3.36. The van der Waals surface area contributed by atoms with Gasteiger partial charge in [0.2, 0.25) is 0 Å². The van der Waals surface area contributed by atoms with E-state index in [1.807, 2.05) is 0 Å². The molecule has 0 aromatic rings. The van der Waals surface area contributed by atoms with Gasteiger partial charge in [0, 0.05) is 0 Å². The van der Waals surface area contributed by atoms with E-state index >= 15 is 0 Å². The van der Waals surface area contributed by atoms with Crippen molar-refractivity contribution in [1.82, 2.24) is 0 Å². The molecule has 10 heavy (non-hydrogen) atoms. The van der Waals surface area contributed by atoms with Crippen LogP contribution in [0, 0.1) is 0 Å². The molecule has 0 amide bonds. The maximum Gasteiger partial charge on any atom is 2.00 e. The van der Waals surface area contributed by atoms with Gasteiger partial charge in [-0.05, 0) is 0 Å². The van der Waals surface area contributed by atoms with Crippen molar-refractivity contribution in [3.8, 4) is 0 Å². The summed E-state index contributed by atoms with van der Waals surface area (Å²) in [4.78, 5) is 0. The molecule has 0 unspecified atom stereocenters. The maximum absolute atomic E-state index is 8.58. The molecule has 0 aromatic heterocycles. The van der Waals surface area contributed by atoms with Crippen molar-refractivity contribution in [2.24, 2.45) is 0 Å². The summed E-state index contributed by atoms with van der Waals surface area (Å²) in [5.74, 6) is 0. The van der Waals surface area contributed by atoms with Gasteiger partial charge in [-0.2, -0.15) is 0 Å². The first-order chi connectivity index (χ1) is 3.46. The van der Waals surface area contributed by atoms with E-state index in [1.165, 1.54) is 0 Å². The molecule has 0 heterocycles. The Morgan fingerprint density at radius 2 is 0.800 bits per heavy atom. The van der Waals surface area contributed by atoms with Crippen molar-refractivity contribution in [2.75, 3.05) is 0 Å². The average Bonchev–Trinajstić information content (AvgIpc) is 1.25. The smallest absolute Gasteiger partial charge is 2.00 e. The van der Waals surface area contributed by atoms with Gasteiger partial charge in [-0.1, -0.05) is 0 Å². The molecule has 10 heteroatoms. The van der Waals surface area contributed by atoms with Crippen LogP contribution in [-0.4, -0.2) is 76.2 Å². The second-order valence-corrected chi connectivity index (χ2v) is 2.06. The topological polar surface area (TPSA) is 126 Å². The molecule has 0 saturated carbocycles. The van der Waals surface area contributed by atoms with Crippen LogP contribution in [0.25, 0.3) is 0 Å². The van der Waals surface area contributed by atoms with Crippen LogP contribution in [0.5, 0.6) is 0 Å². The first kappa shape index (κ1) is 23.3. The molecule has 0 rings (SSSR count). The molecular weight excluding hydrogens is 536 g/mol. The zero-order chi connectivity index (χ0) is 7.15. The Labute approximate surface area is 131 Å². The SMILES string of the molecule is [Ba+2].[O]=[Ti]([O-])[O-].[O]=[Ti]([O-])[O-].[Pb+2]. The van der Waals surface area contributed by atoms with E-state index in [0.29, 0.717) is 0 Å². The van der Waals surface area contributed by atoms with E-state index < -0.39 is 37.2 Å². The summed E-state index contributed by atoms with van der Waals surface area (Å²) in [6, 6.07) is 0. The third kappa shape index (κ3) is 108. The number of hydrogen-bond acceptors (Lipinski definition) is 6. The van der Waals surface area contributed by atoms with Crippen molar-refractivity contribution < 1.29 is 58.6 Å². The Bertz CT molecular complexity index is 73.7.